The van der Waals surface area contributed by atoms with Crippen molar-refractivity contribution >= 4 is 23.7 Å². The Kier molecular flexibility index (Phi) is 17.1. The zero-order valence-electron chi connectivity index (χ0n) is 29.6. The second-order valence-corrected chi connectivity index (χ2v) is 14.3. The second-order valence-electron chi connectivity index (χ2n) is 14.3. The van der Waals surface area contributed by atoms with Crippen molar-refractivity contribution < 1.29 is 34.1 Å². The Morgan fingerprint density at radius 2 is 1.78 bits per heavy atom. The molecule has 3 amide bonds. The lowest BCUT2D eigenvalue weighted by molar-refractivity contribution is -0.143. The Bertz CT molecular complexity index is 1230. The zero-order chi connectivity index (χ0) is 35.8. The molecule has 2 fully saturated rings. The van der Waals surface area contributed by atoms with Crippen molar-refractivity contribution in [3.63, 3.8) is 0 Å². The summed E-state index contributed by atoms with van der Waals surface area (Å²) in [7, 11) is 1.68. The lowest BCUT2D eigenvalue weighted by Crippen LogP contribution is -2.56. The number of carbonyl (C=O) groups excluding carboxylic acids is 4. The van der Waals surface area contributed by atoms with Gasteiger partial charge < -0.3 is 30.5 Å². The lowest BCUT2D eigenvalue weighted by atomic mass is 9.82. The third kappa shape index (κ3) is 14.1. The van der Waals surface area contributed by atoms with Gasteiger partial charge in [0, 0.05) is 39.5 Å². The molecule has 1 saturated carbocycles. The predicted octanol–water partition coefficient (Wildman–Crippen LogP) is 2.67. The molecule has 3 rings (SSSR count). The molecule has 0 unspecified atom stereocenters. The number of hydrogen-bond acceptors (Lipinski definition) is 8. The van der Waals surface area contributed by atoms with Gasteiger partial charge in [-0.3, -0.25) is 24.1 Å². The van der Waals surface area contributed by atoms with Gasteiger partial charge in [0.2, 0.25) is 17.7 Å². The Labute approximate surface area is 292 Å². The maximum absolute atomic E-state index is 13.9. The number of aliphatic hydroxyl groups excluding tert-OH is 2. The van der Waals surface area contributed by atoms with Crippen LogP contribution >= 0.6 is 0 Å². The Morgan fingerprint density at radius 1 is 1.06 bits per heavy atom. The summed E-state index contributed by atoms with van der Waals surface area (Å²) in [6.07, 6.45) is 10.6. The number of carbonyl (C=O) groups is 4. The van der Waals surface area contributed by atoms with Crippen LogP contribution in [0.3, 0.4) is 0 Å². The summed E-state index contributed by atoms with van der Waals surface area (Å²) >= 11 is 0. The highest BCUT2D eigenvalue weighted by Gasteiger charge is 2.34. The largest absolute Gasteiger partial charge is 0.465 e. The van der Waals surface area contributed by atoms with E-state index < -0.39 is 42.0 Å². The van der Waals surface area contributed by atoms with Gasteiger partial charge in [0.15, 0.2) is 0 Å². The van der Waals surface area contributed by atoms with E-state index in [0.29, 0.717) is 45.0 Å². The van der Waals surface area contributed by atoms with E-state index in [0.717, 1.165) is 37.7 Å². The highest BCUT2D eigenvalue weighted by Crippen LogP contribution is 2.29. The van der Waals surface area contributed by atoms with E-state index in [2.05, 4.69) is 16.6 Å². The van der Waals surface area contributed by atoms with E-state index in [1.165, 1.54) is 6.42 Å². The molecule has 1 aliphatic carbocycles. The van der Waals surface area contributed by atoms with E-state index in [1.807, 2.05) is 49.1 Å². The summed E-state index contributed by atoms with van der Waals surface area (Å²) in [4.78, 5) is 56.4. The molecule has 1 aromatic rings. The van der Waals surface area contributed by atoms with Crippen LogP contribution in [0.4, 0.5) is 0 Å². The van der Waals surface area contributed by atoms with E-state index in [9.17, 15) is 29.4 Å². The van der Waals surface area contributed by atoms with E-state index in [4.69, 9.17) is 11.2 Å². The summed E-state index contributed by atoms with van der Waals surface area (Å²) < 4.78 is 5.11. The standard InChI is InChI=1S/C38H58N4O7/c1-5-13-31(38(48)40-32(24-29-16-10-7-11-17-29)36(46)33(43)22-27(2)3)39-37(47)30(23-28-14-8-6-9-15-28)25-34(44)41(4)19-20-42-18-12-21-49-35(45)26-42/h1,6,8-9,14-15,27,29-33,36,43,46H,7,10-13,16-26H2,2-4H3,(H,39,47)(H,40,48)/t30-,31+,32+,33+,36-/m1/s1. The van der Waals surface area contributed by atoms with Crippen LogP contribution in [0, 0.1) is 30.1 Å². The molecule has 11 nitrogen and oxygen atoms in total. The molecule has 4 N–H and O–H groups in total. The van der Waals surface area contributed by atoms with Crippen molar-refractivity contribution in [2.75, 3.05) is 39.8 Å². The minimum atomic E-state index is -1.17. The topological polar surface area (TPSA) is 149 Å². The molecular weight excluding hydrogens is 624 g/mol. The molecule has 0 bridgehead atoms. The smallest absolute Gasteiger partial charge is 0.320 e. The van der Waals surface area contributed by atoms with Crippen LogP contribution in [-0.4, -0.2) is 108 Å². The summed E-state index contributed by atoms with van der Waals surface area (Å²) in [5.74, 6) is 0.660. The number of benzene rings is 1. The summed E-state index contributed by atoms with van der Waals surface area (Å²) in [5, 5.41) is 27.8. The molecule has 272 valence electrons. The fraction of sp³-hybridized carbons (Fsp3) is 0.684. The molecule has 5 atom stereocenters. The van der Waals surface area contributed by atoms with Crippen molar-refractivity contribution in [3.8, 4) is 12.3 Å². The number of nitrogens with zero attached hydrogens (tertiary/aromatic N) is 2. The molecule has 0 radical (unpaired) electrons. The van der Waals surface area contributed by atoms with Gasteiger partial charge in [-0.2, -0.15) is 0 Å². The fourth-order valence-corrected chi connectivity index (χ4v) is 6.77. The maximum atomic E-state index is 13.9. The quantitative estimate of drug-likeness (QED) is 0.137. The number of nitrogens with one attached hydrogen (secondary N) is 2. The summed E-state index contributed by atoms with van der Waals surface area (Å²) in [5.41, 5.74) is 0.869. The third-order valence-electron chi connectivity index (χ3n) is 9.64. The normalized spacial score (nSPS) is 19.0. The number of rotatable bonds is 18. The van der Waals surface area contributed by atoms with E-state index in [1.54, 1.807) is 11.9 Å². The molecule has 11 heteroatoms. The molecule has 1 aromatic carbocycles. The van der Waals surface area contributed by atoms with Gasteiger partial charge in [-0.15, -0.1) is 12.3 Å². The van der Waals surface area contributed by atoms with Crippen LogP contribution in [0.1, 0.15) is 83.6 Å². The highest BCUT2D eigenvalue weighted by molar-refractivity contribution is 5.91. The number of amides is 3. The molecule has 1 aliphatic heterocycles. The van der Waals surface area contributed by atoms with Crippen LogP contribution in [0.25, 0.3) is 0 Å². The zero-order valence-corrected chi connectivity index (χ0v) is 29.6. The first-order valence-corrected chi connectivity index (χ1v) is 18.0. The highest BCUT2D eigenvalue weighted by atomic mass is 16.5. The van der Waals surface area contributed by atoms with Gasteiger partial charge in [-0.25, -0.2) is 0 Å². The minimum Gasteiger partial charge on any atom is -0.465 e. The predicted molar refractivity (Wildman–Crippen MR) is 188 cm³/mol. The number of likely N-dealkylation sites (N-methyl/N-ethyl adjacent to an activating group) is 1. The second kappa shape index (κ2) is 20.9. The summed E-state index contributed by atoms with van der Waals surface area (Å²) in [6.45, 7) is 6.06. The number of terminal acetylenes is 1. The molecule has 2 aliphatic rings. The van der Waals surface area contributed by atoms with Crippen molar-refractivity contribution in [3.05, 3.63) is 35.9 Å². The average Bonchev–Trinajstić information content (AvgIpc) is 3.29. The molecule has 49 heavy (non-hydrogen) atoms. The number of cyclic esters (lactones) is 1. The van der Waals surface area contributed by atoms with Crippen LogP contribution in [0.5, 0.6) is 0 Å². The van der Waals surface area contributed by atoms with Crippen LogP contribution in [0.15, 0.2) is 30.3 Å². The Hall–Kier alpha value is -3.46. The van der Waals surface area contributed by atoms with Crippen molar-refractivity contribution in [1.29, 1.82) is 0 Å². The van der Waals surface area contributed by atoms with Crippen LogP contribution in [-0.2, 0) is 30.3 Å². The average molecular weight is 683 g/mol. The maximum Gasteiger partial charge on any atom is 0.320 e. The van der Waals surface area contributed by atoms with Gasteiger partial charge in [0.1, 0.15) is 12.1 Å². The van der Waals surface area contributed by atoms with E-state index in [-0.39, 0.29) is 43.6 Å². The number of esters is 1. The van der Waals surface area contributed by atoms with Crippen LogP contribution < -0.4 is 10.6 Å². The fourth-order valence-electron chi connectivity index (χ4n) is 6.77. The van der Waals surface area contributed by atoms with Gasteiger partial charge in [0.05, 0.1) is 31.2 Å². The van der Waals surface area contributed by atoms with Crippen molar-refractivity contribution in [1.82, 2.24) is 20.4 Å². The minimum absolute atomic E-state index is 0.0808. The number of hydrogen-bond donors (Lipinski definition) is 4. The first-order chi connectivity index (χ1) is 23.5. The number of aliphatic hydroxyl groups is 2. The van der Waals surface area contributed by atoms with Gasteiger partial charge in [-0.1, -0.05) is 76.3 Å². The molecule has 0 spiro atoms. The van der Waals surface area contributed by atoms with Crippen molar-refractivity contribution in [2.45, 2.75) is 109 Å². The van der Waals surface area contributed by atoms with Gasteiger partial charge in [0.25, 0.3) is 0 Å². The van der Waals surface area contributed by atoms with Gasteiger partial charge >= 0.3 is 5.97 Å². The van der Waals surface area contributed by atoms with Crippen molar-refractivity contribution in [2.24, 2.45) is 17.8 Å². The monoisotopic (exact) mass is 682 g/mol. The molecule has 1 saturated heterocycles. The Morgan fingerprint density at radius 3 is 2.45 bits per heavy atom. The summed E-state index contributed by atoms with van der Waals surface area (Å²) in [6, 6.07) is 7.59. The Balaban J connectivity index is 1.71. The number of ether oxygens (including phenoxy) is 1. The van der Waals surface area contributed by atoms with Gasteiger partial charge in [-0.05, 0) is 43.1 Å². The molecule has 0 aromatic heterocycles. The first kappa shape index (κ1) is 40.0. The van der Waals surface area contributed by atoms with E-state index >= 15 is 0 Å². The third-order valence-corrected chi connectivity index (χ3v) is 9.64. The first-order valence-electron chi connectivity index (χ1n) is 18.0. The molecular formula is C38H58N4O7. The molecule has 1 heterocycles. The lowest BCUT2D eigenvalue weighted by Gasteiger charge is -2.33. The van der Waals surface area contributed by atoms with Crippen LogP contribution in [0.2, 0.25) is 0 Å². The SMILES string of the molecule is C#CC[C@H](NC(=O)[C@@H](CC(=O)N(C)CCN1CCCOC(=O)C1)Cc1ccccc1)C(=O)N[C@@H](CC1CCCCC1)[C@@H](O)[C@@H](O)CC(C)C.